The predicted octanol–water partition coefficient (Wildman–Crippen LogP) is 4.84. The topological polar surface area (TPSA) is 74.7 Å². The molecule has 0 bridgehead atoms. The zero-order chi connectivity index (χ0) is 21.5. The molecule has 1 heterocycles. The van der Waals surface area contributed by atoms with E-state index in [2.05, 4.69) is 4.98 Å². The zero-order valence-electron chi connectivity index (χ0n) is 16.3. The van der Waals surface area contributed by atoms with Gasteiger partial charge in [0.2, 0.25) is 0 Å². The van der Waals surface area contributed by atoms with Crippen molar-refractivity contribution in [3.8, 4) is 23.0 Å². The third-order valence-electron chi connectivity index (χ3n) is 4.01. The maximum absolute atomic E-state index is 14.3. The van der Waals surface area contributed by atoms with Crippen molar-refractivity contribution in [3.05, 3.63) is 83.9 Å². The number of methoxy groups -OCH3 is 1. The number of halogens is 1. The Hall–Kier alpha value is -4.00. The van der Waals surface area contributed by atoms with E-state index in [9.17, 15) is 14.0 Å². The molecule has 0 N–H and O–H groups in total. The van der Waals surface area contributed by atoms with Crippen LogP contribution in [0, 0.1) is 5.82 Å². The molecule has 0 aliphatic rings. The Balaban J connectivity index is 1.70. The van der Waals surface area contributed by atoms with E-state index in [0.717, 1.165) is 6.08 Å². The Labute approximate surface area is 172 Å². The van der Waals surface area contributed by atoms with Crippen molar-refractivity contribution < 1.29 is 28.2 Å². The van der Waals surface area contributed by atoms with Crippen LogP contribution in [0.25, 0.3) is 6.08 Å². The minimum Gasteiger partial charge on any atom is -0.493 e. The first kappa shape index (κ1) is 20.7. The molecule has 0 atom stereocenters. The van der Waals surface area contributed by atoms with Gasteiger partial charge in [-0.1, -0.05) is 6.07 Å². The molecule has 6 nitrogen and oxygen atoms in total. The molecule has 0 unspecified atom stereocenters. The van der Waals surface area contributed by atoms with Crippen LogP contribution in [0.1, 0.15) is 22.8 Å². The second-order valence-corrected chi connectivity index (χ2v) is 6.16. The summed E-state index contributed by atoms with van der Waals surface area (Å²) in [6.07, 6.45) is 5.61. The van der Waals surface area contributed by atoms with Crippen molar-refractivity contribution in [2.45, 2.75) is 6.92 Å². The van der Waals surface area contributed by atoms with Gasteiger partial charge in [-0.2, -0.15) is 0 Å². The number of ketones is 1. The highest BCUT2D eigenvalue weighted by atomic mass is 19.1. The minimum atomic E-state index is -0.704. The van der Waals surface area contributed by atoms with Gasteiger partial charge < -0.3 is 14.2 Å². The second-order valence-electron chi connectivity index (χ2n) is 6.16. The smallest absolute Gasteiger partial charge is 0.336 e. The maximum Gasteiger partial charge on any atom is 0.336 e. The van der Waals surface area contributed by atoms with Gasteiger partial charge in [-0.05, 0) is 61.0 Å². The second kappa shape index (κ2) is 9.47. The van der Waals surface area contributed by atoms with E-state index in [1.54, 1.807) is 36.5 Å². The summed E-state index contributed by atoms with van der Waals surface area (Å²) in [6.45, 7) is 1.41. The number of carbonyl (C=O) groups is 2. The van der Waals surface area contributed by atoms with Gasteiger partial charge in [-0.15, -0.1) is 0 Å². The fraction of sp³-hybridized carbons (Fsp3) is 0.0870. The van der Waals surface area contributed by atoms with Crippen LogP contribution in [0.15, 0.2) is 67.0 Å². The van der Waals surface area contributed by atoms with E-state index in [-0.39, 0.29) is 17.3 Å². The Morgan fingerprint density at radius 2 is 1.83 bits per heavy atom. The molecule has 2 aromatic carbocycles. The number of hydrogen-bond acceptors (Lipinski definition) is 6. The SMILES string of the molecule is COc1ccc(C(C)=O)cc1OC(=O)/C=C/c1ccc(Oc2cccnc2)c(F)c1. The third-order valence-corrected chi connectivity index (χ3v) is 4.01. The summed E-state index contributed by atoms with van der Waals surface area (Å²) in [5.41, 5.74) is 0.821. The van der Waals surface area contributed by atoms with Crippen molar-refractivity contribution in [3.63, 3.8) is 0 Å². The molecule has 0 saturated heterocycles. The lowest BCUT2D eigenvalue weighted by atomic mass is 10.1. The number of rotatable bonds is 7. The summed E-state index contributed by atoms with van der Waals surface area (Å²) < 4.78 is 30.1. The van der Waals surface area contributed by atoms with Gasteiger partial charge in [0, 0.05) is 17.8 Å². The molecule has 3 aromatic rings. The molecule has 0 aliphatic heterocycles. The molecule has 7 heteroatoms. The van der Waals surface area contributed by atoms with Gasteiger partial charge in [0.15, 0.2) is 28.8 Å². The molecule has 0 amide bonds. The molecule has 30 heavy (non-hydrogen) atoms. The minimum absolute atomic E-state index is 0.0357. The van der Waals surface area contributed by atoms with Crippen LogP contribution in [0.5, 0.6) is 23.0 Å². The molecule has 0 radical (unpaired) electrons. The Morgan fingerprint density at radius 3 is 2.50 bits per heavy atom. The van der Waals surface area contributed by atoms with Gasteiger partial charge in [-0.3, -0.25) is 9.78 Å². The molecule has 0 fully saturated rings. The first-order valence-corrected chi connectivity index (χ1v) is 8.92. The average Bonchev–Trinajstić information content (AvgIpc) is 2.74. The summed E-state index contributed by atoms with van der Waals surface area (Å²) in [4.78, 5) is 27.6. The maximum atomic E-state index is 14.3. The number of aromatic nitrogens is 1. The number of esters is 1. The Morgan fingerprint density at radius 1 is 1.03 bits per heavy atom. The first-order chi connectivity index (χ1) is 14.5. The van der Waals surface area contributed by atoms with Crippen molar-refractivity contribution >= 4 is 17.8 Å². The number of carbonyl (C=O) groups excluding carboxylic acids is 2. The lowest BCUT2D eigenvalue weighted by molar-refractivity contribution is -0.129. The molecular weight excluding hydrogens is 389 g/mol. The van der Waals surface area contributed by atoms with E-state index < -0.39 is 11.8 Å². The largest absolute Gasteiger partial charge is 0.493 e. The number of ether oxygens (including phenoxy) is 3. The van der Waals surface area contributed by atoms with Crippen LogP contribution in [0.4, 0.5) is 4.39 Å². The van der Waals surface area contributed by atoms with Crippen LogP contribution in [0.2, 0.25) is 0 Å². The molecule has 3 rings (SSSR count). The summed E-state index contributed by atoms with van der Waals surface area (Å²) in [7, 11) is 1.42. The van der Waals surface area contributed by atoms with E-state index in [0.29, 0.717) is 22.6 Å². The van der Waals surface area contributed by atoms with Gasteiger partial charge >= 0.3 is 5.97 Å². The number of benzene rings is 2. The number of nitrogens with zero attached hydrogens (tertiary/aromatic N) is 1. The van der Waals surface area contributed by atoms with Gasteiger partial charge in [0.1, 0.15) is 5.75 Å². The van der Waals surface area contributed by atoms with Crippen LogP contribution in [-0.4, -0.2) is 23.8 Å². The fourth-order valence-electron chi connectivity index (χ4n) is 2.52. The highest BCUT2D eigenvalue weighted by molar-refractivity contribution is 5.95. The number of hydrogen-bond donors (Lipinski definition) is 0. The molecule has 152 valence electrons. The van der Waals surface area contributed by atoms with E-state index >= 15 is 0 Å². The molecule has 1 aromatic heterocycles. The number of pyridine rings is 1. The van der Waals surface area contributed by atoms with E-state index in [1.807, 2.05) is 0 Å². The van der Waals surface area contributed by atoms with E-state index in [1.165, 1.54) is 44.5 Å². The highest BCUT2D eigenvalue weighted by Crippen LogP contribution is 2.29. The third kappa shape index (κ3) is 5.29. The van der Waals surface area contributed by atoms with Crippen LogP contribution in [-0.2, 0) is 4.79 Å². The highest BCUT2D eigenvalue weighted by Gasteiger charge is 2.11. The lowest BCUT2D eigenvalue weighted by Crippen LogP contribution is -2.06. The van der Waals surface area contributed by atoms with Crippen LogP contribution < -0.4 is 14.2 Å². The fourth-order valence-corrected chi connectivity index (χ4v) is 2.52. The Bertz CT molecular complexity index is 1100. The van der Waals surface area contributed by atoms with Crippen molar-refractivity contribution in [1.82, 2.24) is 4.98 Å². The first-order valence-electron chi connectivity index (χ1n) is 8.92. The van der Waals surface area contributed by atoms with Gasteiger partial charge in [0.25, 0.3) is 0 Å². The lowest BCUT2D eigenvalue weighted by Gasteiger charge is -2.09. The van der Waals surface area contributed by atoms with Gasteiger partial charge in [0.05, 0.1) is 13.3 Å². The van der Waals surface area contributed by atoms with Gasteiger partial charge in [-0.25, -0.2) is 9.18 Å². The quantitative estimate of drug-likeness (QED) is 0.241. The Kier molecular flexibility index (Phi) is 6.54. The molecule has 0 spiro atoms. The average molecular weight is 407 g/mol. The molecular formula is C23H18FNO5. The van der Waals surface area contributed by atoms with Crippen molar-refractivity contribution in [2.75, 3.05) is 7.11 Å². The molecule has 0 saturated carbocycles. The normalized spacial score (nSPS) is 10.6. The monoisotopic (exact) mass is 407 g/mol. The van der Waals surface area contributed by atoms with Crippen LogP contribution in [0.3, 0.4) is 0 Å². The summed E-state index contributed by atoms with van der Waals surface area (Å²) in [6, 6.07) is 12.2. The summed E-state index contributed by atoms with van der Waals surface area (Å²) >= 11 is 0. The van der Waals surface area contributed by atoms with Crippen molar-refractivity contribution in [2.24, 2.45) is 0 Å². The number of Topliss-reactive ketones (excluding diaryl/α,β-unsaturated/α-hetero) is 1. The predicted molar refractivity (Wildman–Crippen MR) is 108 cm³/mol. The zero-order valence-corrected chi connectivity index (χ0v) is 16.3. The van der Waals surface area contributed by atoms with Crippen LogP contribution >= 0.6 is 0 Å². The van der Waals surface area contributed by atoms with Crippen molar-refractivity contribution in [1.29, 1.82) is 0 Å². The summed E-state index contributed by atoms with van der Waals surface area (Å²) in [5.74, 6) is -0.598. The molecule has 0 aliphatic carbocycles. The van der Waals surface area contributed by atoms with E-state index in [4.69, 9.17) is 14.2 Å². The summed E-state index contributed by atoms with van der Waals surface area (Å²) in [5, 5.41) is 0. The standard InChI is InChI=1S/C23H18FNO5/c1-15(26)17-7-9-21(28-2)22(13-17)30-23(27)10-6-16-5-8-20(19(24)12-16)29-18-4-3-11-25-14-18/h3-14H,1-2H3/b10-6+.